The minimum Gasteiger partial charge on any atom is -0.480 e. The van der Waals surface area contributed by atoms with Crippen LogP contribution in [0.4, 0.5) is 0 Å². The van der Waals surface area contributed by atoms with Crippen LogP contribution in [0.15, 0.2) is 35.4 Å². The maximum absolute atomic E-state index is 12.3. The number of hydrogen-bond acceptors (Lipinski definition) is 5. The van der Waals surface area contributed by atoms with Crippen LogP contribution >= 0.6 is 0 Å². The molecule has 1 aromatic heterocycles. The van der Waals surface area contributed by atoms with Gasteiger partial charge in [-0.15, -0.1) is 0 Å². The molecule has 128 valence electrons. The van der Waals surface area contributed by atoms with E-state index < -0.39 is 12.5 Å². The first-order valence-electron chi connectivity index (χ1n) is 7.45. The molecule has 0 aliphatic heterocycles. The highest BCUT2D eigenvalue weighted by Crippen LogP contribution is 2.05. The number of carbonyl (C=O) groups excluding carboxylic acids is 1. The average Bonchev–Trinajstić information content (AvgIpc) is 2.57. The number of carboxylic acids is 1. The summed E-state index contributed by atoms with van der Waals surface area (Å²) in [4.78, 5) is 40.8. The Balaban J connectivity index is 2.08. The van der Waals surface area contributed by atoms with E-state index in [-0.39, 0.29) is 37.6 Å². The molecule has 24 heavy (non-hydrogen) atoms. The molecule has 0 bridgehead atoms. The topological polar surface area (TPSA) is 102 Å². The number of amides is 1. The maximum atomic E-state index is 12.3. The van der Waals surface area contributed by atoms with Crippen LogP contribution in [0.5, 0.6) is 0 Å². The fourth-order valence-corrected chi connectivity index (χ4v) is 2.30. The summed E-state index contributed by atoms with van der Waals surface area (Å²) in [5.41, 5.74) is 0.368. The van der Waals surface area contributed by atoms with Gasteiger partial charge in [0.15, 0.2) is 0 Å². The standard InChI is InChI=1S/C16H19N3O5/c1-24-9-8-18(10-15(21)22)14(20)6-7-19-11-17-13-5-3-2-4-12(13)16(19)23/h2-5,11H,6-10H2,1H3,(H,21,22). The Bertz CT molecular complexity index is 787. The predicted molar refractivity (Wildman–Crippen MR) is 86.7 cm³/mol. The molecule has 0 spiro atoms. The molecule has 0 aliphatic rings. The first kappa shape index (κ1) is 17.6. The van der Waals surface area contributed by atoms with Gasteiger partial charge in [-0.05, 0) is 12.1 Å². The number of aryl methyl sites for hydroxylation is 1. The zero-order valence-electron chi connectivity index (χ0n) is 13.3. The van der Waals surface area contributed by atoms with Gasteiger partial charge in [0, 0.05) is 26.6 Å². The number of para-hydroxylation sites is 1. The van der Waals surface area contributed by atoms with Gasteiger partial charge < -0.3 is 14.7 Å². The van der Waals surface area contributed by atoms with E-state index in [1.54, 1.807) is 24.3 Å². The van der Waals surface area contributed by atoms with Crippen molar-refractivity contribution < 1.29 is 19.4 Å². The number of fused-ring (bicyclic) bond motifs is 1. The summed E-state index contributed by atoms with van der Waals surface area (Å²) in [5, 5.41) is 9.36. The molecule has 8 heteroatoms. The van der Waals surface area contributed by atoms with Crippen LogP contribution in [0.25, 0.3) is 10.9 Å². The van der Waals surface area contributed by atoms with Crippen LogP contribution < -0.4 is 5.56 Å². The maximum Gasteiger partial charge on any atom is 0.323 e. The van der Waals surface area contributed by atoms with E-state index in [2.05, 4.69) is 4.98 Å². The Hall–Kier alpha value is -2.74. The van der Waals surface area contributed by atoms with Crippen LogP contribution in [-0.2, 0) is 20.9 Å². The fourth-order valence-electron chi connectivity index (χ4n) is 2.30. The zero-order chi connectivity index (χ0) is 17.5. The van der Waals surface area contributed by atoms with Crippen LogP contribution in [-0.4, -0.2) is 58.2 Å². The molecular weight excluding hydrogens is 314 g/mol. The number of aromatic nitrogens is 2. The van der Waals surface area contributed by atoms with E-state index in [4.69, 9.17) is 9.84 Å². The molecule has 2 rings (SSSR count). The second-order valence-electron chi connectivity index (χ2n) is 5.21. The number of carbonyl (C=O) groups is 2. The van der Waals surface area contributed by atoms with Crippen LogP contribution in [0.2, 0.25) is 0 Å². The van der Waals surface area contributed by atoms with Crippen molar-refractivity contribution in [1.82, 2.24) is 14.5 Å². The molecule has 0 saturated heterocycles. The van der Waals surface area contributed by atoms with E-state index in [1.807, 2.05) is 0 Å². The number of ether oxygens (including phenoxy) is 1. The van der Waals surface area contributed by atoms with E-state index in [0.29, 0.717) is 10.9 Å². The van der Waals surface area contributed by atoms with Gasteiger partial charge in [0.2, 0.25) is 5.91 Å². The van der Waals surface area contributed by atoms with Crippen molar-refractivity contribution >= 4 is 22.8 Å². The molecule has 1 amide bonds. The Morgan fingerprint density at radius 1 is 1.33 bits per heavy atom. The monoisotopic (exact) mass is 333 g/mol. The van der Waals surface area contributed by atoms with Crippen LogP contribution in [0.3, 0.4) is 0 Å². The number of aliphatic carboxylic acids is 1. The van der Waals surface area contributed by atoms with Gasteiger partial charge >= 0.3 is 5.97 Å². The largest absolute Gasteiger partial charge is 0.480 e. The number of nitrogens with zero attached hydrogens (tertiary/aromatic N) is 3. The normalized spacial score (nSPS) is 10.7. The molecule has 0 aliphatic carbocycles. The number of benzene rings is 1. The first-order valence-corrected chi connectivity index (χ1v) is 7.45. The summed E-state index contributed by atoms with van der Waals surface area (Å²) >= 11 is 0. The summed E-state index contributed by atoms with van der Waals surface area (Å²) in [5.74, 6) is -1.45. The van der Waals surface area contributed by atoms with E-state index in [9.17, 15) is 14.4 Å². The summed E-state index contributed by atoms with van der Waals surface area (Å²) in [7, 11) is 1.48. The number of carboxylic acid groups (broad SMARTS) is 1. The second-order valence-corrected chi connectivity index (χ2v) is 5.21. The highest BCUT2D eigenvalue weighted by molar-refractivity contribution is 5.81. The molecule has 1 aromatic carbocycles. The third-order valence-electron chi connectivity index (χ3n) is 3.54. The van der Waals surface area contributed by atoms with E-state index in [0.717, 1.165) is 0 Å². The molecule has 0 radical (unpaired) electrons. The first-order chi connectivity index (χ1) is 11.5. The fraction of sp³-hybridized carbons (Fsp3) is 0.375. The van der Waals surface area contributed by atoms with Crippen molar-refractivity contribution in [1.29, 1.82) is 0 Å². The van der Waals surface area contributed by atoms with Crippen molar-refractivity contribution in [2.75, 3.05) is 26.8 Å². The highest BCUT2D eigenvalue weighted by atomic mass is 16.5. The SMILES string of the molecule is COCCN(CC(=O)O)C(=O)CCn1cnc2ccccc2c1=O. The van der Waals surface area contributed by atoms with E-state index >= 15 is 0 Å². The molecule has 0 unspecified atom stereocenters. The van der Waals surface area contributed by atoms with Crippen molar-refractivity contribution in [2.24, 2.45) is 0 Å². The minimum absolute atomic E-state index is 0.0108. The van der Waals surface area contributed by atoms with Crippen molar-refractivity contribution in [3.63, 3.8) is 0 Å². The summed E-state index contributed by atoms with van der Waals surface area (Å²) in [6.45, 7) is 0.175. The van der Waals surface area contributed by atoms with Gasteiger partial charge in [0.25, 0.3) is 5.56 Å². The third-order valence-corrected chi connectivity index (χ3v) is 3.54. The van der Waals surface area contributed by atoms with Gasteiger partial charge in [-0.1, -0.05) is 12.1 Å². The predicted octanol–water partition coefficient (Wildman–Crippen LogP) is 0.346. The molecule has 0 saturated carbocycles. The summed E-state index contributed by atoms with van der Waals surface area (Å²) in [6.07, 6.45) is 1.41. The van der Waals surface area contributed by atoms with Gasteiger partial charge in [0.05, 0.1) is 23.8 Å². The Morgan fingerprint density at radius 3 is 2.79 bits per heavy atom. The Labute approximate surface area is 138 Å². The highest BCUT2D eigenvalue weighted by Gasteiger charge is 2.16. The van der Waals surface area contributed by atoms with Crippen molar-refractivity contribution in [2.45, 2.75) is 13.0 Å². The van der Waals surface area contributed by atoms with Gasteiger partial charge in [0.1, 0.15) is 6.54 Å². The lowest BCUT2D eigenvalue weighted by molar-refractivity contribution is -0.145. The molecular formula is C16H19N3O5. The molecule has 1 heterocycles. The van der Waals surface area contributed by atoms with Crippen LogP contribution in [0.1, 0.15) is 6.42 Å². The van der Waals surface area contributed by atoms with Gasteiger partial charge in [-0.3, -0.25) is 19.0 Å². The molecule has 8 nitrogen and oxygen atoms in total. The second kappa shape index (κ2) is 8.21. The Kier molecular flexibility index (Phi) is 6.02. The number of rotatable bonds is 8. The minimum atomic E-state index is -1.09. The molecule has 0 atom stereocenters. The molecule has 1 N–H and O–H groups in total. The number of methoxy groups -OCH3 is 1. The quantitative estimate of drug-likeness (QED) is 0.748. The summed E-state index contributed by atoms with van der Waals surface area (Å²) in [6, 6.07) is 6.96. The Morgan fingerprint density at radius 2 is 2.08 bits per heavy atom. The van der Waals surface area contributed by atoms with E-state index in [1.165, 1.54) is 22.9 Å². The van der Waals surface area contributed by atoms with Crippen molar-refractivity contribution in [3.05, 3.63) is 40.9 Å². The molecule has 2 aromatic rings. The summed E-state index contributed by atoms with van der Waals surface area (Å²) < 4.78 is 6.24. The lowest BCUT2D eigenvalue weighted by Crippen LogP contribution is -2.38. The van der Waals surface area contributed by atoms with Gasteiger partial charge in [-0.2, -0.15) is 0 Å². The lowest BCUT2D eigenvalue weighted by atomic mass is 10.2. The smallest absolute Gasteiger partial charge is 0.323 e. The van der Waals surface area contributed by atoms with Crippen molar-refractivity contribution in [3.8, 4) is 0 Å². The van der Waals surface area contributed by atoms with Gasteiger partial charge in [-0.25, -0.2) is 4.98 Å². The third kappa shape index (κ3) is 4.39. The van der Waals surface area contributed by atoms with Crippen LogP contribution in [0, 0.1) is 0 Å². The number of hydrogen-bond donors (Lipinski definition) is 1. The average molecular weight is 333 g/mol. The lowest BCUT2D eigenvalue weighted by Gasteiger charge is -2.20. The zero-order valence-corrected chi connectivity index (χ0v) is 13.3. The molecule has 0 fully saturated rings.